The monoisotopic (exact) mass is 176 g/mol. The van der Waals surface area contributed by atoms with Crippen LogP contribution < -0.4 is 5.73 Å². The molecule has 0 aliphatic rings. The van der Waals surface area contributed by atoms with Gasteiger partial charge in [0.25, 0.3) is 0 Å². The summed E-state index contributed by atoms with van der Waals surface area (Å²) in [6.45, 7) is 1.92. The first-order valence-corrected chi connectivity index (χ1v) is 4.24. The molecule has 0 amide bonds. The Morgan fingerprint density at radius 1 is 1.46 bits per heavy atom. The van der Waals surface area contributed by atoms with E-state index in [1.54, 1.807) is 6.07 Å². The molecular formula is C10H12N2O. The topological polar surface area (TPSA) is 62.0 Å². The van der Waals surface area contributed by atoms with Crippen LogP contribution >= 0.6 is 0 Å². The van der Waals surface area contributed by atoms with Gasteiger partial charge in [-0.15, -0.1) is 0 Å². The molecule has 1 aromatic carbocycles. The zero-order valence-electron chi connectivity index (χ0n) is 7.41. The van der Waals surface area contributed by atoms with Gasteiger partial charge in [0.1, 0.15) is 5.75 Å². The maximum absolute atomic E-state index is 9.49. The van der Waals surface area contributed by atoms with Crippen molar-refractivity contribution in [1.82, 2.24) is 4.98 Å². The Morgan fingerprint density at radius 3 is 2.92 bits per heavy atom. The van der Waals surface area contributed by atoms with Crippen LogP contribution in [0.1, 0.15) is 18.5 Å². The van der Waals surface area contributed by atoms with Crippen molar-refractivity contribution in [2.45, 2.75) is 13.0 Å². The number of hydrogen-bond acceptors (Lipinski definition) is 2. The van der Waals surface area contributed by atoms with E-state index < -0.39 is 0 Å². The van der Waals surface area contributed by atoms with Crippen molar-refractivity contribution in [3.8, 4) is 5.75 Å². The van der Waals surface area contributed by atoms with E-state index in [4.69, 9.17) is 5.73 Å². The summed E-state index contributed by atoms with van der Waals surface area (Å²) in [5.41, 5.74) is 7.56. The number of rotatable bonds is 1. The van der Waals surface area contributed by atoms with Crippen molar-refractivity contribution < 1.29 is 5.11 Å². The third kappa shape index (κ3) is 1.17. The molecule has 0 aliphatic heterocycles. The van der Waals surface area contributed by atoms with Crippen molar-refractivity contribution in [3.63, 3.8) is 0 Å². The standard InChI is InChI=1S/C10H12N2O/c1-6(11)8-5-12-10-7(8)3-2-4-9(10)13/h2-6,12-13H,11H2,1H3. The molecule has 2 aromatic rings. The number of hydrogen-bond donors (Lipinski definition) is 3. The van der Waals surface area contributed by atoms with Gasteiger partial charge in [0.2, 0.25) is 0 Å². The Labute approximate surface area is 76.2 Å². The molecule has 1 unspecified atom stereocenters. The highest BCUT2D eigenvalue weighted by molar-refractivity contribution is 5.88. The lowest BCUT2D eigenvalue weighted by Gasteiger charge is -2.02. The fraction of sp³-hybridized carbons (Fsp3) is 0.200. The number of para-hydroxylation sites is 1. The maximum Gasteiger partial charge on any atom is 0.139 e. The molecule has 1 aromatic heterocycles. The van der Waals surface area contributed by atoms with Crippen LogP contribution in [0.5, 0.6) is 5.75 Å². The Kier molecular flexibility index (Phi) is 1.74. The highest BCUT2D eigenvalue weighted by Gasteiger charge is 2.08. The summed E-state index contributed by atoms with van der Waals surface area (Å²) in [5.74, 6) is 0.268. The fourth-order valence-corrected chi connectivity index (χ4v) is 1.54. The molecule has 0 aliphatic carbocycles. The summed E-state index contributed by atoms with van der Waals surface area (Å²) in [6.07, 6.45) is 1.84. The van der Waals surface area contributed by atoms with Crippen LogP contribution in [0.3, 0.4) is 0 Å². The van der Waals surface area contributed by atoms with Crippen LogP contribution in [0.2, 0.25) is 0 Å². The zero-order valence-corrected chi connectivity index (χ0v) is 7.41. The molecule has 0 radical (unpaired) electrons. The molecule has 4 N–H and O–H groups in total. The van der Waals surface area contributed by atoms with Crippen molar-refractivity contribution in [2.75, 3.05) is 0 Å². The average molecular weight is 176 g/mol. The van der Waals surface area contributed by atoms with Crippen molar-refractivity contribution in [2.24, 2.45) is 5.73 Å². The molecule has 1 atom stereocenters. The number of aromatic hydroxyl groups is 1. The van der Waals surface area contributed by atoms with Gasteiger partial charge in [-0.3, -0.25) is 0 Å². The molecule has 3 heteroatoms. The minimum atomic E-state index is -0.0180. The smallest absolute Gasteiger partial charge is 0.139 e. The van der Waals surface area contributed by atoms with Gasteiger partial charge in [0.05, 0.1) is 5.52 Å². The first-order valence-electron chi connectivity index (χ1n) is 4.24. The minimum absolute atomic E-state index is 0.0180. The van der Waals surface area contributed by atoms with E-state index in [0.717, 1.165) is 16.5 Å². The van der Waals surface area contributed by atoms with Gasteiger partial charge in [-0.2, -0.15) is 0 Å². The van der Waals surface area contributed by atoms with Gasteiger partial charge >= 0.3 is 0 Å². The van der Waals surface area contributed by atoms with E-state index in [9.17, 15) is 5.11 Å². The number of nitrogens with two attached hydrogens (primary N) is 1. The molecule has 3 nitrogen and oxygen atoms in total. The number of phenols is 1. The third-order valence-electron chi connectivity index (χ3n) is 2.22. The van der Waals surface area contributed by atoms with Crippen molar-refractivity contribution in [1.29, 1.82) is 0 Å². The Bertz CT molecular complexity index is 431. The number of aromatic amines is 1. The van der Waals surface area contributed by atoms with Crippen LogP contribution in [0.15, 0.2) is 24.4 Å². The van der Waals surface area contributed by atoms with Crippen molar-refractivity contribution >= 4 is 10.9 Å². The van der Waals surface area contributed by atoms with E-state index >= 15 is 0 Å². The van der Waals surface area contributed by atoms with Gasteiger partial charge in [0, 0.05) is 17.6 Å². The number of aromatic nitrogens is 1. The quantitative estimate of drug-likeness (QED) is 0.621. The molecule has 68 valence electrons. The number of nitrogens with one attached hydrogen (secondary N) is 1. The molecule has 0 saturated carbocycles. The van der Waals surface area contributed by atoms with Gasteiger partial charge in [-0.1, -0.05) is 12.1 Å². The second-order valence-electron chi connectivity index (χ2n) is 3.23. The first kappa shape index (κ1) is 8.13. The van der Waals surface area contributed by atoms with E-state index in [-0.39, 0.29) is 11.8 Å². The molecular weight excluding hydrogens is 164 g/mol. The van der Waals surface area contributed by atoms with Gasteiger partial charge in [-0.05, 0) is 18.6 Å². The molecule has 0 spiro atoms. The largest absolute Gasteiger partial charge is 0.506 e. The Morgan fingerprint density at radius 2 is 2.23 bits per heavy atom. The summed E-state index contributed by atoms with van der Waals surface area (Å²) in [5, 5.41) is 10.5. The summed E-state index contributed by atoms with van der Waals surface area (Å²) in [6, 6.07) is 5.40. The van der Waals surface area contributed by atoms with Crippen LogP contribution in [-0.2, 0) is 0 Å². The van der Waals surface area contributed by atoms with E-state index in [2.05, 4.69) is 4.98 Å². The number of benzene rings is 1. The maximum atomic E-state index is 9.49. The second-order valence-corrected chi connectivity index (χ2v) is 3.23. The highest BCUT2D eigenvalue weighted by atomic mass is 16.3. The van der Waals surface area contributed by atoms with Gasteiger partial charge in [-0.25, -0.2) is 0 Å². The fourth-order valence-electron chi connectivity index (χ4n) is 1.54. The summed E-state index contributed by atoms with van der Waals surface area (Å²) >= 11 is 0. The lowest BCUT2D eigenvalue weighted by Crippen LogP contribution is -2.03. The SMILES string of the molecule is CC(N)c1c[nH]c2c(O)cccc12. The molecule has 1 heterocycles. The normalized spacial score (nSPS) is 13.4. The highest BCUT2D eigenvalue weighted by Crippen LogP contribution is 2.28. The summed E-state index contributed by atoms with van der Waals surface area (Å²) in [7, 11) is 0. The van der Waals surface area contributed by atoms with Crippen LogP contribution in [0.4, 0.5) is 0 Å². The molecule has 2 rings (SSSR count). The third-order valence-corrected chi connectivity index (χ3v) is 2.22. The Balaban J connectivity index is 2.75. The molecule has 0 bridgehead atoms. The van der Waals surface area contributed by atoms with Crippen molar-refractivity contribution in [3.05, 3.63) is 30.0 Å². The summed E-state index contributed by atoms with van der Waals surface area (Å²) in [4.78, 5) is 3.01. The first-order chi connectivity index (χ1) is 6.20. The van der Waals surface area contributed by atoms with Crippen LogP contribution in [0, 0.1) is 0 Å². The molecule has 0 fully saturated rings. The van der Waals surface area contributed by atoms with Gasteiger partial charge < -0.3 is 15.8 Å². The van der Waals surface area contributed by atoms with E-state index in [1.807, 2.05) is 25.3 Å². The number of fused-ring (bicyclic) bond motifs is 1. The second kappa shape index (κ2) is 2.78. The van der Waals surface area contributed by atoms with E-state index in [1.165, 1.54) is 0 Å². The number of phenolic OH excluding ortho intramolecular Hbond substituents is 1. The average Bonchev–Trinajstić information content (AvgIpc) is 2.48. The van der Waals surface area contributed by atoms with Crippen LogP contribution in [0.25, 0.3) is 10.9 Å². The Hall–Kier alpha value is -1.48. The molecule has 13 heavy (non-hydrogen) atoms. The predicted molar refractivity (Wildman–Crippen MR) is 52.6 cm³/mol. The van der Waals surface area contributed by atoms with Gasteiger partial charge in [0.15, 0.2) is 0 Å². The molecule has 0 saturated heterocycles. The van der Waals surface area contributed by atoms with E-state index in [0.29, 0.717) is 0 Å². The minimum Gasteiger partial charge on any atom is -0.506 e. The predicted octanol–water partition coefficient (Wildman–Crippen LogP) is 1.89. The lowest BCUT2D eigenvalue weighted by molar-refractivity contribution is 0.480. The van der Waals surface area contributed by atoms with Crippen LogP contribution in [-0.4, -0.2) is 10.1 Å². The lowest BCUT2D eigenvalue weighted by atomic mass is 10.1. The number of H-pyrrole nitrogens is 1. The zero-order chi connectivity index (χ0) is 9.42. The summed E-state index contributed by atoms with van der Waals surface area (Å²) < 4.78 is 0.